The molecule has 0 saturated carbocycles. The average Bonchev–Trinajstić information content (AvgIpc) is 2.38. The lowest BCUT2D eigenvalue weighted by Crippen LogP contribution is -2.47. The number of carbonyl (C=O) groups is 1. The Kier molecular flexibility index (Phi) is 4.43. The smallest absolute Gasteiger partial charge is 0.227 e. The van der Waals surface area contributed by atoms with Crippen LogP contribution in [-0.4, -0.2) is 54.0 Å². The highest BCUT2D eigenvalue weighted by Crippen LogP contribution is 2.16. The fourth-order valence-electron chi connectivity index (χ4n) is 2.62. The van der Waals surface area contributed by atoms with Gasteiger partial charge in [-0.15, -0.1) is 0 Å². The molecule has 1 unspecified atom stereocenters. The van der Waals surface area contributed by atoms with Gasteiger partial charge in [0.05, 0.1) is 6.42 Å². The summed E-state index contributed by atoms with van der Waals surface area (Å²) in [6, 6.07) is 7.22. The van der Waals surface area contributed by atoms with E-state index in [2.05, 4.69) is 11.9 Å². The third kappa shape index (κ3) is 3.70. The predicted molar refractivity (Wildman–Crippen MR) is 75.1 cm³/mol. The molecular weight excluding hydrogens is 240 g/mol. The molecule has 1 amide bonds. The lowest BCUT2D eigenvalue weighted by Gasteiger charge is -2.36. The van der Waals surface area contributed by atoms with Crippen LogP contribution in [0.5, 0.6) is 5.75 Å². The topological polar surface area (TPSA) is 43.8 Å². The molecule has 4 heteroatoms. The highest BCUT2D eigenvalue weighted by atomic mass is 16.3. The summed E-state index contributed by atoms with van der Waals surface area (Å²) in [6.45, 7) is 2.06. The van der Waals surface area contributed by atoms with Gasteiger partial charge in [-0.05, 0) is 44.1 Å². The van der Waals surface area contributed by atoms with Gasteiger partial charge in [-0.25, -0.2) is 0 Å². The Balaban J connectivity index is 1.95. The first-order chi connectivity index (χ1) is 9.06. The lowest BCUT2D eigenvalue weighted by atomic mass is 10.0. The third-order valence-electron chi connectivity index (χ3n) is 3.81. The van der Waals surface area contributed by atoms with Gasteiger partial charge in [0.1, 0.15) is 5.75 Å². The number of likely N-dealkylation sites (N-methyl/N-ethyl adjacent to an activating group) is 2. The van der Waals surface area contributed by atoms with Gasteiger partial charge < -0.3 is 14.9 Å². The zero-order chi connectivity index (χ0) is 13.8. The van der Waals surface area contributed by atoms with Crippen molar-refractivity contribution in [2.24, 2.45) is 0 Å². The fraction of sp³-hybridized carbons (Fsp3) is 0.533. The summed E-state index contributed by atoms with van der Waals surface area (Å²) in [7, 11) is 3.98. The van der Waals surface area contributed by atoms with Crippen molar-refractivity contribution in [2.75, 3.05) is 27.2 Å². The molecule has 1 aromatic rings. The molecule has 2 rings (SSSR count). The summed E-state index contributed by atoms with van der Waals surface area (Å²) in [5, 5.41) is 9.42. The summed E-state index contributed by atoms with van der Waals surface area (Å²) in [6.07, 6.45) is 2.57. The van der Waals surface area contributed by atoms with Crippen molar-refractivity contribution in [2.45, 2.75) is 25.3 Å². The number of piperidine rings is 1. The number of amides is 1. The molecule has 4 nitrogen and oxygen atoms in total. The average molecular weight is 262 g/mol. The number of hydrogen-bond acceptors (Lipinski definition) is 3. The van der Waals surface area contributed by atoms with E-state index in [0.717, 1.165) is 31.5 Å². The van der Waals surface area contributed by atoms with Gasteiger partial charge in [-0.1, -0.05) is 12.1 Å². The van der Waals surface area contributed by atoms with Gasteiger partial charge in [-0.3, -0.25) is 4.79 Å². The number of phenols is 1. The molecule has 19 heavy (non-hydrogen) atoms. The van der Waals surface area contributed by atoms with Gasteiger partial charge in [0.15, 0.2) is 0 Å². The second-order valence-electron chi connectivity index (χ2n) is 5.41. The maximum atomic E-state index is 12.3. The van der Waals surface area contributed by atoms with Crippen LogP contribution in [0.2, 0.25) is 0 Å². The van der Waals surface area contributed by atoms with Gasteiger partial charge in [-0.2, -0.15) is 0 Å². The molecule has 1 aliphatic heterocycles. The van der Waals surface area contributed by atoms with Crippen molar-refractivity contribution < 1.29 is 9.90 Å². The first-order valence-electron chi connectivity index (χ1n) is 6.78. The Morgan fingerprint density at radius 3 is 3.00 bits per heavy atom. The first kappa shape index (κ1) is 13.9. The number of aromatic hydroxyl groups is 1. The van der Waals surface area contributed by atoms with Crippen LogP contribution in [-0.2, 0) is 11.2 Å². The third-order valence-corrected chi connectivity index (χ3v) is 3.81. The molecule has 1 N–H and O–H groups in total. The van der Waals surface area contributed by atoms with Crippen molar-refractivity contribution in [1.82, 2.24) is 9.80 Å². The predicted octanol–water partition coefficient (Wildman–Crippen LogP) is 1.49. The van der Waals surface area contributed by atoms with Crippen molar-refractivity contribution >= 4 is 5.91 Å². The summed E-state index contributed by atoms with van der Waals surface area (Å²) in [5.74, 6) is 0.330. The largest absolute Gasteiger partial charge is 0.508 e. The van der Waals surface area contributed by atoms with E-state index < -0.39 is 0 Å². The highest BCUT2D eigenvalue weighted by molar-refractivity contribution is 5.79. The minimum absolute atomic E-state index is 0.117. The fourth-order valence-corrected chi connectivity index (χ4v) is 2.62. The van der Waals surface area contributed by atoms with Gasteiger partial charge >= 0.3 is 0 Å². The van der Waals surface area contributed by atoms with Gasteiger partial charge in [0.2, 0.25) is 5.91 Å². The Hall–Kier alpha value is -1.55. The monoisotopic (exact) mass is 262 g/mol. The molecule has 1 atom stereocenters. The van der Waals surface area contributed by atoms with Crippen LogP contribution < -0.4 is 0 Å². The van der Waals surface area contributed by atoms with Crippen LogP contribution in [0.25, 0.3) is 0 Å². The molecule has 1 heterocycles. The summed E-state index contributed by atoms with van der Waals surface area (Å²) >= 11 is 0. The molecule has 104 valence electrons. The molecule has 1 aliphatic rings. The van der Waals surface area contributed by atoms with Crippen molar-refractivity contribution in [3.8, 4) is 5.75 Å². The number of phenolic OH excluding ortho intramolecular Hbond substituents is 1. The molecule has 0 spiro atoms. The second kappa shape index (κ2) is 6.06. The standard InChI is InChI=1S/C15H22N2O2/c1-16-8-4-6-13(11-16)17(2)15(19)10-12-5-3-7-14(18)9-12/h3,5,7,9,13,18H,4,6,8,10-11H2,1-2H3. The Labute approximate surface area is 114 Å². The van der Waals surface area contributed by atoms with Crippen molar-refractivity contribution in [1.29, 1.82) is 0 Å². The zero-order valence-corrected chi connectivity index (χ0v) is 11.7. The Morgan fingerprint density at radius 2 is 2.32 bits per heavy atom. The molecule has 1 aromatic carbocycles. The van der Waals surface area contributed by atoms with E-state index in [-0.39, 0.29) is 11.7 Å². The summed E-state index contributed by atoms with van der Waals surface area (Å²) in [4.78, 5) is 16.4. The van der Waals surface area contributed by atoms with E-state index in [4.69, 9.17) is 0 Å². The van der Waals surface area contributed by atoms with E-state index in [9.17, 15) is 9.90 Å². The van der Waals surface area contributed by atoms with Crippen molar-refractivity contribution in [3.63, 3.8) is 0 Å². The number of carbonyl (C=O) groups excluding carboxylic acids is 1. The molecule has 1 fully saturated rings. The number of rotatable bonds is 3. The second-order valence-corrected chi connectivity index (χ2v) is 5.41. The maximum absolute atomic E-state index is 12.3. The molecule has 0 aromatic heterocycles. The van der Waals surface area contributed by atoms with Crippen LogP contribution in [0, 0.1) is 0 Å². The van der Waals surface area contributed by atoms with Crippen molar-refractivity contribution in [3.05, 3.63) is 29.8 Å². The SMILES string of the molecule is CN1CCCC(N(C)C(=O)Cc2cccc(O)c2)C1. The van der Waals surface area contributed by atoms with Crippen LogP contribution in [0.4, 0.5) is 0 Å². The summed E-state index contributed by atoms with van der Waals surface area (Å²) in [5.41, 5.74) is 0.862. The van der Waals surface area contributed by atoms with Crippen LogP contribution in [0.1, 0.15) is 18.4 Å². The van der Waals surface area contributed by atoms with E-state index in [1.54, 1.807) is 18.2 Å². The number of hydrogen-bond donors (Lipinski definition) is 1. The number of benzene rings is 1. The maximum Gasteiger partial charge on any atom is 0.227 e. The molecular formula is C15H22N2O2. The van der Waals surface area contributed by atoms with E-state index in [0.29, 0.717) is 12.5 Å². The van der Waals surface area contributed by atoms with E-state index in [1.807, 2.05) is 18.0 Å². The molecule has 0 bridgehead atoms. The normalized spacial score (nSPS) is 20.2. The highest BCUT2D eigenvalue weighted by Gasteiger charge is 2.24. The van der Waals surface area contributed by atoms with E-state index in [1.165, 1.54) is 0 Å². The minimum atomic E-state index is 0.117. The Morgan fingerprint density at radius 1 is 1.53 bits per heavy atom. The summed E-state index contributed by atoms with van der Waals surface area (Å²) < 4.78 is 0. The lowest BCUT2D eigenvalue weighted by molar-refractivity contribution is -0.132. The van der Waals surface area contributed by atoms with Crippen LogP contribution >= 0.6 is 0 Å². The molecule has 0 radical (unpaired) electrons. The molecule has 0 aliphatic carbocycles. The van der Waals surface area contributed by atoms with Gasteiger partial charge in [0, 0.05) is 19.6 Å². The number of nitrogens with zero attached hydrogens (tertiary/aromatic N) is 2. The van der Waals surface area contributed by atoms with Crippen LogP contribution in [0.15, 0.2) is 24.3 Å². The minimum Gasteiger partial charge on any atom is -0.508 e. The van der Waals surface area contributed by atoms with Gasteiger partial charge in [0.25, 0.3) is 0 Å². The van der Waals surface area contributed by atoms with Crippen LogP contribution in [0.3, 0.4) is 0 Å². The molecule has 1 saturated heterocycles. The zero-order valence-electron chi connectivity index (χ0n) is 11.7. The Bertz CT molecular complexity index is 448. The first-order valence-corrected chi connectivity index (χ1v) is 6.78. The number of likely N-dealkylation sites (tertiary alicyclic amines) is 1. The van der Waals surface area contributed by atoms with E-state index >= 15 is 0 Å². The quantitative estimate of drug-likeness (QED) is 0.897.